The average molecular weight is 315 g/mol. The number of rotatable bonds is 5. The molecule has 0 bridgehead atoms. The molecule has 21 heavy (non-hydrogen) atoms. The van der Waals surface area contributed by atoms with Gasteiger partial charge in [-0.05, 0) is 18.9 Å². The molecule has 8 nitrogen and oxygen atoms in total. The van der Waals surface area contributed by atoms with Gasteiger partial charge in [0.05, 0.1) is 24.9 Å². The maximum atomic E-state index is 12.2. The van der Waals surface area contributed by atoms with E-state index >= 15 is 0 Å². The summed E-state index contributed by atoms with van der Waals surface area (Å²) in [5.41, 5.74) is 0.330. The first-order chi connectivity index (χ1) is 9.92. The van der Waals surface area contributed by atoms with E-state index in [1.165, 1.54) is 17.6 Å². The standard InChI is InChI=1S/C12H17N3O5S/c1-20-11-3-2-10(8-13-11)14-21(18,19)15-6-4-9(5-7-15)12(16)17/h2-3,8-9,14H,4-7H2,1H3,(H,16,17). The van der Waals surface area contributed by atoms with Crippen molar-refractivity contribution in [1.29, 1.82) is 0 Å². The quantitative estimate of drug-likeness (QED) is 0.821. The minimum atomic E-state index is -3.70. The molecule has 1 aromatic rings. The van der Waals surface area contributed by atoms with Gasteiger partial charge in [-0.2, -0.15) is 12.7 Å². The monoisotopic (exact) mass is 315 g/mol. The molecule has 1 fully saturated rings. The number of piperidine rings is 1. The zero-order chi connectivity index (χ0) is 15.5. The summed E-state index contributed by atoms with van der Waals surface area (Å²) in [4.78, 5) is 14.8. The van der Waals surface area contributed by atoms with E-state index < -0.39 is 22.1 Å². The second kappa shape index (κ2) is 6.27. The number of aliphatic carboxylic acids is 1. The molecule has 2 rings (SSSR count). The van der Waals surface area contributed by atoms with Gasteiger partial charge in [0, 0.05) is 19.2 Å². The largest absolute Gasteiger partial charge is 0.481 e. The van der Waals surface area contributed by atoms with E-state index in [4.69, 9.17) is 9.84 Å². The fourth-order valence-electron chi connectivity index (χ4n) is 2.12. The summed E-state index contributed by atoms with van der Waals surface area (Å²) in [7, 11) is -2.22. The predicted octanol–water partition coefficient (Wildman–Crippen LogP) is 0.543. The highest BCUT2D eigenvalue weighted by Gasteiger charge is 2.30. The lowest BCUT2D eigenvalue weighted by molar-refractivity contribution is -0.142. The summed E-state index contributed by atoms with van der Waals surface area (Å²) in [5.74, 6) is -0.960. The summed E-state index contributed by atoms with van der Waals surface area (Å²) >= 11 is 0. The van der Waals surface area contributed by atoms with E-state index in [1.54, 1.807) is 12.1 Å². The van der Waals surface area contributed by atoms with E-state index in [-0.39, 0.29) is 13.1 Å². The second-order valence-corrected chi connectivity index (χ2v) is 6.38. The molecular formula is C12H17N3O5S. The van der Waals surface area contributed by atoms with Gasteiger partial charge in [-0.3, -0.25) is 9.52 Å². The first-order valence-electron chi connectivity index (χ1n) is 6.43. The molecule has 2 N–H and O–H groups in total. The Balaban J connectivity index is 2.00. The maximum absolute atomic E-state index is 12.2. The number of methoxy groups -OCH3 is 1. The van der Waals surface area contributed by atoms with Crippen LogP contribution in [-0.4, -0.2) is 49.0 Å². The third-order valence-corrected chi connectivity index (χ3v) is 4.87. The molecule has 2 heterocycles. The van der Waals surface area contributed by atoms with Crippen LogP contribution in [0.25, 0.3) is 0 Å². The van der Waals surface area contributed by atoms with Gasteiger partial charge >= 0.3 is 16.2 Å². The molecular weight excluding hydrogens is 298 g/mol. The maximum Gasteiger partial charge on any atom is 0.306 e. The number of carboxylic acid groups (broad SMARTS) is 1. The SMILES string of the molecule is COc1ccc(NS(=O)(=O)N2CCC(C(=O)O)CC2)cn1. The van der Waals surface area contributed by atoms with Crippen molar-refractivity contribution in [2.45, 2.75) is 12.8 Å². The highest BCUT2D eigenvalue weighted by molar-refractivity contribution is 7.90. The molecule has 0 aliphatic carbocycles. The first-order valence-corrected chi connectivity index (χ1v) is 7.87. The van der Waals surface area contributed by atoms with Gasteiger partial charge in [0.1, 0.15) is 0 Å². The molecule has 0 atom stereocenters. The van der Waals surface area contributed by atoms with Crippen molar-refractivity contribution in [2.24, 2.45) is 5.92 Å². The van der Waals surface area contributed by atoms with Crippen LogP contribution in [0.2, 0.25) is 0 Å². The predicted molar refractivity (Wildman–Crippen MR) is 75.3 cm³/mol. The Kier molecular flexibility index (Phi) is 4.63. The number of hydrogen-bond acceptors (Lipinski definition) is 5. The molecule has 1 saturated heterocycles. The van der Waals surface area contributed by atoms with Gasteiger partial charge in [0.2, 0.25) is 5.88 Å². The molecule has 0 aromatic carbocycles. The molecule has 0 saturated carbocycles. The average Bonchev–Trinajstić information content (AvgIpc) is 2.48. The first kappa shape index (κ1) is 15.5. The number of hydrogen-bond donors (Lipinski definition) is 2. The van der Waals surface area contributed by atoms with Crippen LogP contribution in [0.1, 0.15) is 12.8 Å². The Morgan fingerprint density at radius 3 is 2.57 bits per heavy atom. The van der Waals surface area contributed by atoms with Crippen LogP contribution in [0.4, 0.5) is 5.69 Å². The number of nitrogens with zero attached hydrogens (tertiary/aromatic N) is 2. The lowest BCUT2D eigenvalue weighted by Gasteiger charge is -2.29. The molecule has 1 aromatic heterocycles. The molecule has 1 aliphatic heterocycles. The number of carboxylic acids is 1. The molecule has 0 spiro atoms. The smallest absolute Gasteiger partial charge is 0.306 e. The Labute approximate surface area is 122 Å². The van der Waals surface area contributed by atoms with Crippen LogP contribution in [0.15, 0.2) is 18.3 Å². The van der Waals surface area contributed by atoms with E-state index in [9.17, 15) is 13.2 Å². The van der Waals surface area contributed by atoms with Gasteiger partial charge in [0.15, 0.2) is 0 Å². The van der Waals surface area contributed by atoms with Gasteiger partial charge in [-0.25, -0.2) is 4.98 Å². The fourth-order valence-corrected chi connectivity index (χ4v) is 3.36. The zero-order valence-electron chi connectivity index (χ0n) is 11.5. The van der Waals surface area contributed by atoms with Crippen LogP contribution >= 0.6 is 0 Å². The lowest BCUT2D eigenvalue weighted by Crippen LogP contribution is -2.42. The van der Waals surface area contributed by atoms with Gasteiger partial charge in [-0.15, -0.1) is 0 Å². The van der Waals surface area contributed by atoms with Gasteiger partial charge < -0.3 is 9.84 Å². The molecule has 9 heteroatoms. The van der Waals surface area contributed by atoms with E-state index in [1.807, 2.05) is 0 Å². The number of anilines is 1. The highest BCUT2D eigenvalue weighted by Crippen LogP contribution is 2.21. The third-order valence-electron chi connectivity index (χ3n) is 3.34. The molecule has 0 radical (unpaired) electrons. The molecule has 116 valence electrons. The van der Waals surface area contributed by atoms with Crippen molar-refractivity contribution in [3.8, 4) is 5.88 Å². The molecule has 0 amide bonds. The van der Waals surface area contributed by atoms with Crippen LogP contribution < -0.4 is 9.46 Å². The van der Waals surface area contributed by atoms with Gasteiger partial charge in [0.25, 0.3) is 0 Å². The second-order valence-electron chi connectivity index (χ2n) is 4.71. The summed E-state index contributed by atoms with van der Waals surface area (Å²) in [6.45, 7) is 0.381. The summed E-state index contributed by atoms with van der Waals surface area (Å²) in [6, 6.07) is 3.10. The minimum absolute atomic E-state index is 0.190. The number of nitrogens with one attached hydrogen (secondary N) is 1. The summed E-state index contributed by atoms with van der Waals surface area (Å²) in [5, 5.41) is 8.91. The number of aromatic nitrogens is 1. The van der Waals surface area contributed by atoms with Crippen LogP contribution in [0.5, 0.6) is 5.88 Å². The number of pyridine rings is 1. The van der Waals surface area contributed by atoms with Crippen LogP contribution in [0, 0.1) is 5.92 Å². The van der Waals surface area contributed by atoms with Crippen molar-refractivity contribution in [1.82, 2.24) is 9.29 Å². The van der Waals surface area contributed by atoms with Crippen molar-refractivity contribution < 1.29 is 23.1 Å². The fraction of sp³-hybridized carbons (Fsp3) is 0.500. The highest BCUT2D eigenvalue weighted by atomic mass is 32.2. The Hall–Kier alpha value is -1.87. The van der Waals surface area contributed by atoms with Gasteiger partial charge in [-0.1, -0.05) is 0 Å². The Morgan fingerprint density at radius 2 is 2.10 bits per heavy atom. The lowest BCUT2D eigenvalue weighted by atomic mass is 9.99. The van der Waals surface area contributed by atoms with Crippen molar-refractivity contribution in [3.05, 3.63) is 18.3 Å². The summed E-state index contributed by atoms with van der Waals surface area (Å²) < 4.78 is 32.9. The summed E-state index contributed by atoms with van der Waals surface area (Å²) in [6.07, 6.45) is 1.99. The Bertz CT molecular complexity index is 594. The minimum Gasteiger partial charge on any atom is -0.481 e. The Morgan fingerprint density at radius 1 is 1.43 bits per heavy atom. The van der Waals surface area contributed by atoms with E-state index in [0.29, 0.717) is 24.4 Å². The molecule has 1 aliphatic rings. The molecule has 0 unspecified atom stereocenters. The van der Waals surface area contributed by atoms with Crippen molar-refractivity contribution in [3.63, 3.8) is 0 Å². The van der Waals surface area contributed by atoms with Crippen LogP contribution in [0.3, 0.4) is 0 Å². The normalized spacial score (nSPS) is 17.4. The van der Waals surface area contributed by atoms with Crippen molar-refractivity contribution >= 4 is 21.9 Å². The number of ether oxygens (including phenoxy) is 1. The zero-order valence-corrected chi connectivity index (χ0v) is 12.3. The van der Waals surface area contributed by atoms with Crippen molar-refractivity contribution in [2.75, 3.05) is 24.9 Å². The number of carbonyl (C=O) groups is 1. The topological polar surface area (TPSA) is 109 Å². The van der Waals surface area contributed by atoms with E-state index in [0.717, 1.165) is 0 Å². The third kappa shape index (κ3) is 3.82. The van der Waals surface area contributed by atoms with Crippen LogP contribution in [-0.2, 0) is 15.0 Å². The van der Waals surface area contributed by atoms with E-state index in [2.05, 4.69) is 9.71 Å².